The van der Waals surface area contributed by atoms with Gasteiger partial charge in [-0.3, -0.25) is 0 Å². The van der Waals surface area contributed by atoms with E-state index in [4.69, 9.17) is 9.84 Å². The standard InChI is InChI=1S/C14H19Br2NO3/c1-3-5-17-8-9-6-10(15)13(11(16)7-9)20-12(4-2)14(18)19/h6-7,12,17H,3-5,8H2,1-2H3,(H,18,19). The summed E-state index contributed by atoms with van der Waals surface area (Å²) in [4.78, 5) is 11.0. The molecule has 112 valence electrons. The van der Waals surface area contributed by atoms with Crippen LogP contribution in [0, 0.1) is 0 Å². The number of halogens is 2. The van der Waals surface area contributed by atoms with Crippen LogP contribution in [-0.2, 0) is 11.3 Å². The largest absolute Gasteiger partial charge is 0.479 e. The van der Waals surface area contributed by atoms with Gasteiger partial charge in [0.2, 0.25) is 0 Å². The first kappa shape index (κ1) is 17.5. The van der Waals surface area contributed by atoms with E-state index in [1.54, 1.807) is 6.92 Å². The van der Waals surface area contributed by atoms with Crippen LogP contribution in [0.2, 0.25) is 0 Å². The highest BCUT2D eigenvalue weighted by atomic mass is 79.9. The molecule has 0 saturated heterocycles. The number of aliphatic carboxylic acids is 1. The third-order valence-electron chi connectivity index (χ3n) is 2.72. The molecule has 0 bridgehead atoms. The fourth-order valence-electron chi connectivity index (χ4n) is 1.69. The van der Waals surface area contributed by atoms with Crippen LogP contribution in [0.25, 0.3) is 0 Å². The van der Waals surface area contributed by atoms with Crippen molar-refractivity contribution in [2.75, 3.05) is 6.54 Å². The molecule has 0 saturated carbocycles. The normalized spacial score (nSPS) is 12.2. The van der Waals surface area contributed by atoms with Crippen LogP contribution in [0.3, 0.4) is 0 Å². The fourth-order valence-corrected chi connectivity index (χ4v) is 3.16. The number of carboxylic acid groups (broad SMARTS) is 1. The first-order valence-corrected chi connectivity index (χ1v) is 8.16. The van der Waals surface area contributed by atoms with Crippen molar-refractivity contribution in [3.05, 3.63) is 26.6 Å². The molecule has 0 spiro atoms. The van der Waals surface area contributed by atoms with Gasteiger partial charge in [-0.05, 0) is 68.9 Å². The summed E-state index contributed by atoms with van der Waals surface area (Å²) in [6.07, 6.45) is 0.653. The van der Waals surface area contributed by atoms with E-state index in [0.717, 1.165) is 34.0 Å². The van der Waals surface area contributed by atoms with E-state index in [2.05, 4.69) is 44.1 Å². The third kappa shape index (κ3) is 5.07. The molecule has 1 unspecified atom stereocenters. The summed E-state index contributed by atoms with van der Waals surface area (Å²) >= 11 is 6.88. The molecular weight excluding hydrogens is 390 g/mol. The molecule has 4 nitrogen and oxygen atoms in total. The van der Waals surface area contributed by atoms with E-state index in [-0.39, 0.29) is 0 Å². The minimum Gasteiger partial charge on any atom is -0.479 e. The van der Waals surface area contributed by atoms with Crippen molar-refractivity contribution in [1.82, 2.24) is 5.32 Å². The molecule has 20 heavy (non-hydrogen) atoms. The van der Waals surface area contributed by atoms with Crippen molar-refractivity contribution in [3.8, 4) is 5.75 Å². The Labute approximate surface area is 136 Å². The second-order valence-electron chi connectivity index (χ2n) is 4.42. The Balaban J connectivity index is 2.85. The van der Waals surface area contributed by atoms with E-state index in [1.807, 2.05) is 12.1 Å². The average molecular weight is 409 g/mol. The van der Waals surface area contributed by atoms with E-state index < -0.39 is 12.1 Å². The molecule has 0 amide bonds. The van der Waals surface area contributed by atoms with Gasteiger partial charge in [0.15, 0.2) is 6.10 Å². The number of carbonyl (C=O) groups is 1. The molecule has 6 heteroatoms. The maximum atomic E-state index is 11.0. The molecule has 1 rings (SSSR count). The van der Waals surface area contributed by atoms with Crippen LogP contribution in [0.15, 0.2) is 21.1 Å². The van der Waals surface area contributed by atoms with Crippen molar-refractivity contribution in [3.63, 3.8) is 0 Å². The van der Waals surface area contributed by atoms with Crippen LogP contribution >= 0.6 is 31.9 Å². The molecule has 0 aliphatic heterocycles. The van der Waals surface area contributed by atoms with Gasteiger partial charge in [-0.15, -0.1) is 0 Å². The van der Waals surface area contributed by atoms with Crippen molar-refractivity contribution in [1.29, 1.82) is 0 Å². The quantitative estimate of drug-likeness (QED) is 0.639. The summed E-state index contributed by atoms with van der Waals surface area (Å²) in [6, 6.07) is 3.88. The minimum absolute atomic E-state index is 0.411. The molecule has 1 aromatic carbocycles. The predicted octanol–water partition coefficient (Wildman–Crippen LogP) is 3.95. The third-order valence-corrected chi connectivity index (χ3v) is 3.90. The molecule has 1 atom stereocenters. The molecule has 0 aromatic heterocycles. The summed E-state index contributed by atoms with van der Waals surface area (Å²) in [5.41, 5.74) is 1.10. The highest BCUT2D eigenvalue weighted by Crippen LogP contribution is 2.35. The zero-order valence-corrected chi connectivity index (χ0v) is 14.8. The lowest BCUT2D eigenvalue weighted by molar-refractivity contribution is -0.145. The number of hydrogen-bond donors (Lipinski definition) is 2. The monoisotopic (exact) mass is 407 g/mol. The van der Waals surface area contributed by atoms with E-state index in [1.165, 1.54) is 0 Å². The highest BCUT2D eigenvalue weighted by molar-refractivity contribution is 9.11. The maximum absolute atomic E-state index is 11.0. The Morgan fingerprint density at radius 1 is 1.35 bits per heavy atom. The number of rotatable bonds is 8. The molecular formula is C14H19Br2NO3. The Kier molecular flexibility index (Phi) is 7.55. The Bertz CT molecular complexity index is 443. The number of carboxylic acids is 1. The van der Waals surface area contributed by atoms with Crippen LogP contribution < -0.4 is 10.1 Å². The van der Waals surface area contributed by atoms with Gasteiger partial charge in [-0.2, -0.15) is 0 Å². The van der Waals surface area contributed by atoms with Crippen LogP contribution in [0.1, 0.15) is 32.3 Å². The van der Waals surface area contributed by atoms with E-state index in [9.17, 15) is 4.79 Å². The highest BCUT2D eigenvalue weighted by Gasteiger charge is 2.20. The van der Waals surface area contributed by atoms with Gasteiger partial charge in [0, 0.05) is 6.54 Å². The number of ether oxygens (including phenoxy) is 1. The van der Waals surface area contributed by atoms with Crippen LogP contribution in [-0.4, -0.2) is 23.7 Å². The molecule has 0 fully saturated rings. The molecule has 1 aromatic rings. The van der Waals surface area contributed by atoms with Crippen LogP contribution in [0.4, 0.5) is 0 Å². The molecule has 0 aliphatic rings. The fraction of sp³-hybridized carbons (Fsp3) is 0.500. The minimum atomic E-state index is -0.958. The van der Waals surface area contributed by atoms with Crippen molar-refractivity contribution in [2.45, 2.75) is 39.3 Å². The van der Waals surface area contributed by atoms with Crippen molar-refractivity contribution >= 4 is 37.8 Å². The number of hydrogen-bond acceptors (Lipinski definition) is 3. The number of nitrogens with one attached hydrogen (secondary N) is 1. The summed E-state index contributed by atoms with van der Waals surface area (Å²) < 4.78 is 7.05. The molecule has 0 radical (unpaired) electrons. The summed E-state index contributed by atoms with van der Waals surface area (Å²) in [7, 11) is 0. The molecule has 0 aliphatic carbocycles. The SMILES string of the molecule is CCCNCc1cc(Br)c(OC(CC)C(=O)O)c(Br)c1. The second-order valence-corrected chi connectivity index (χ2v) is 6.13. The Morgan fingerprint density at radius 2 is 1.95 bits per heavy atom. The van der Waals surface area contributed by atoms with Gasteiger partial charge >= 0.3 is 5.97 Å². The van der Waals surface area contributed by atoms with Crippen molar-refractivity contribution in [2.24, 2.45) is 0 Å². The Hall–Kier alpha value is -0.590. The van der Waals surface area contributed by atoms with E-state index in [0.29, 0.717) is 12.2 Å². The lowest BCUT2D eigenvalue weighted by Crippen LogP contribution is -2.26. The van der Waals surface area contributed by atoms with Gasteiger partial charge in [-0.25, -0.2) is 4.79 Å². The topological polar surface area (TPSA) is 58.6 Å². The first-order chi connectivity index (χ1) is 9.49. The summed E-state index contributed by atoms with van der Waals surface area (Å²) in [5, 5.41) is 12.4. The van der Waals surface area contributed by atoms with Crippen molar-refractivity contribution < 1.29 is 14.6 Å². The summed E-state index contributed by atoms with van der Waals surface area (Å²) in [6.45, 7) is 5.63. The Morgan fingerprint density at radius 3 is 2.40 bits per heavy atom. The molecule has 2 N–H and O–H groups in total. The molecule has 0 heterocycles. The van der Waals surface area contributed by atoms with Gasteiger partial charge in [0.25, 0.3) is 0 Å². The lowest BCUT2D eigenvalue weighted by Gasteiger charge is -2.17. The zero-order valence-electron chi connectivity index (χ0n) is 11.6. The zero-order chi connectivity index (χ0) is 15.1. The van der Waals surface area contributed by atoms with E-state index >= 15 is 0 Å². The average Bonchev–Trinajstić information content (AvgIpc) is 2.38. The summed E-state index contributed by atoms with van der Waals surface area (Å²) in [5.74, 6) is -0.432. The smallest absolute Gasteiger partial charge is 0.344 e. The van der Waals surface area contributed by atoms with Gasteiger partial charge in [0.1, 0.15) is 5.75 Å². The van der Waals surface area contributed by atoms with Gasteiger partial charge in [0.05, 0.1) is 8.95 Å². The first-order valence-electron chi connectivity index (χ1n) is 6.57. The van der Waals surface area contributed by atoms with Gasteiger partial charge in [-0.1, -0.05) is 13.8 Å². The van der Waals surface area contributed by atoms with Crippen LogP contribution in [0.5, 0.6) is 5.75 Å². The van der Waals surface area contributed by atoms with Gasteiger partial charge < -0.3 is 15.2 Å². The lowest BCUT2D eigenvalue weighted by atomic mass is 10.2. The predicted molar refractivity (Wildman–Crippen MR) is 86.2 cm³/mol. The maximum Gasteiger partial charge on any atom is 0.344 e. The second kappa shape index (κ2) is 8.64. The number of benzene rings is 1.